The normalized spacial score (nSPS) is 12.8. The standard InChI is InChI=1S/C26H37NO6.ClH/c1-7-26(2,3)25(27)21(29)16-33-19-10-8-9-17(13-19)11-12-20(28)18-14-22(30-4)24(32-6)23(15-18)31-5;/h8-10,13-15,21,25,29H,7,11-12,16,27H2,1-6H3;1H. The molecule has 2 aromatic rings. The van der Waals surface area contributed by atoms with Gasteiger partial charge in [-0.2, -0.15) is 0 Å². The number of benzene rings is 2. The van der Waals surface area contributed by atoms with E-state index in [0.29, 0.717) is 41.4 Å². The van der Waals surface area contributed by atoms with Crippen LogP contribution >= 0.6 is 12.4 Å². The predicted octanol–water partition coefficient (Wildman–Crippen LogP) is 4.45. The molecule has 0 aliphatic carbocycles. The highest BCUT2D eigenvalue weighted by molar-refractivity contribution is 5.97. The molecule has 8 heteroatoms. The number of hydrogen-bond acceptors (Lipinski definition) is 7. The average Bonchev–Trinajstić information content (AvgIpc) is 2.84. The van der Waals surface area contributed by atoms with Gasteiger partial charge < -0.3 is 29.8 Å². The molecule has 0 aliphatic heterocycles. The Morgan fingerprint density at radius 1 is 1.06 bits per heavy atom. The molecular formula is C26H38ClNO6. The fourth-order valence-corrected chi connectivity index (χ4v) is 3.48. The molecule has 2 aromatic carbocycles. The van der Waals surface area contributed by atoms with Gasteiger partial charge in [0, 0.05) is 18.0 Å². The minimum absolute atomic E-state index is 0. The number of nitrogens with two attached hydrogens (primary N) is 1. The molecule has 190 valence electrons. The molecule has 0 bridgehead atoms. The van der Waals surface area contributed by atoms with E-state index in [0.717, 1.165) is 12.0 Å². The van der Waals surface area contributed by atoms with Crippen LogP contribution in [0.4, 0.5) is 0 Å². The molecule has 7 nitrogen and oxygen atoms in total. The Balaban J connectivity index is 0.00000578. The summed E-state index contributed by atoms with van der Waals surface area (Å²) < 4.78 is 21.8. The highest BCUT2D eigenvalue weighted by Crippen LogP contribution is 2.38. The minimum Gasteiger partial charge on any atom is -0.493 e. The van der Waals surface area contributed by atoms with Gasteiger partial charge in [0.25, 0.3) is 0 Å². The number of aryl methyl sites for hydroxylation is 1. The quantitative estimate of drug-likeness (QED) is 0.396. The van der Waals surface area contributed by atoms with Gasteiger partial charge in [-0.25, -0.2) is 0 Å². The number of halogens is 1. The van der Waals surface area contributed by atoms with Crippen LogP contribution in [0.15, 0.2) is 36.4 Å². The molecule has 3 N–H and O–H groups in total. The molecule has 0 spiro atoms. The maximum Gasteiger partial charge on any atom is 0.203 e. The van der Waals surface area contributed by atoms with Crippen LogP contribution in [0.5, 0.6) is 23.0 Å². The van der Waals surface area contributed by atoms with Crippen LogP contribution in [-0.4, -0.2) is 51.0 Å². The number of ketones is 1. The summed E-state index contributed by atoms with van der Waals surface area (Å²) in [7, 11) is 4.56. The summed E-state index contributed by atoms with van der Waals surface area (Å²) in [6.07, 6.45) is 0.934. The molecule has 0 aromatic heterocycles. The molecule has 0 saturated heterocycles. The van der Waals surface area contributed by atoms with Crippen LogP contribution in [0, 0.1) is 5.41 Å². The molecule has 2 rings (SSSR count). The van der Waals surface area contributed by atoms with Crippen molar-refractivity contribution < 1.29 is 28.8 Å². The zero-order valence-corrected chi connectivity index (χ0v) is 21.7. The van der Waals surface area contributed by atoms with Gasteiger partial charge in [-0.3, -0.25) is 4.79 Å². The highest BCUT2D eigenvalue weighted by Gasteiger charge is 2.30. The van der Waals surface area contributed by atoms with Crippen molar-refractivity contribution in [1.82, 2.24) is 0 Å². The number of carbonyl (C=O) groups excluding carboxylic acids is 1. The SMILES string of the molecule is CCC(C)(C)C(N)C(O)COc1cccc(CCC(=O)c2cc(OC)c(OC)c(OC)c2)c1.Cl. The van der Waals surface area contributed by atoms with E-state index in [4.69, 9.17) is 24.7 Å². The first-order valence-electron chi connectivity index (χ1n) is 11.1. The summed E-state index contributed by atoms with van der Waals surface area (Å²) >= 11 is 0. The molecule has 0 aliphatic rings. The lowest BCUT2D eigenvalue weighted by Gasteiger charge is -2.33. The fourth-order valence-electron chi connectivity index (χ4n) is 3.48. The van der Waals surface area contributed by atoms with Gasteiger partial charge in [-0.05, 0) is 48.1 Å². The number of aliphatic hydroxyl groups excluding tert-OH is 1. The maximum atomic E-state index is 12.8. The first kappa shape index (κ1) is 29.6. The van der Waals surface area contributed by atoms with E-state index in [1.165, 1.54) is 21.3 Å². The van der Waals surface area contributed by atoms with Gasteiger partial charge in [0.15, 0.2) is 17.3 Å². The number of aliphatic hydroxyl groups is 1. The van der Waals surface area contributed by atoms with Crippen LogP contribution in [0.2, 0.25) is 0 Å². The van der Waals surface area contributed by atoms with E-state index >= 15 is 0 Å². The molecule has 0 radical (unpaired) electrons. The van der Waals surface area contributed by atoms with Crippen LogP contribution < -0.4 is 24.7 Å². The lowest BCUT2D eigenvalue weighted by atomic mass is 9.80. The third-order valence-electron chi connectivity index (χ3n) is 6.17. The molecule has 34 heavy (non-hydrogen) atoms. The topological polar surface area (TPSA) is 100 Å². The summed E-state index contributed by atoms with van der Waals surface area (Å²) in [5.41, 5.74) is 7.47. The van der Waals surface area contributed by atoms with Crippen molar-refractivity contribution in [3.05, 3.63) is 47.5 Å². The van der Waals surface area contributed by atoms with E-state index < -0.39 is 6.10 Å². The number of hydrogen-bond donors (Lipinski definition) is 2. The smallest absolute Gasteiger partial charge is 0.203 e. The first-order valence-corrected chi connectivity index (χ1v) is 11.1. The fraction of sp³-hybridized carbons (Fsp3) is 0.500. The van der Waals surface area contributed by atoms with Crippen LogP contribution in [-0.2, 0) is 6.42 Å². The van der Waals surface area contributed by atoms with E-state index in [1.54, 1.807) is 12.1 Å². The second kappa shape index (κ2) is 13.4. The van der Waals surface area contributed by atoms with Gasteiger partial charge in [-0.1, -0.05) is 32.9 Å². The summed E-state index contributed by atoms with van der Waals surface area (Å²) in [5, 5.41) is 10.4. The van der Waals surface area contributed by atoms with E-state index in [1.807, 2.05) is 38.1 Å². The molecule has 2 unspecified atom stereocenters. The third-order valence-corrected chi connectivity index (χ3v) is 6.17. The van der Waals surface area contributed by atoms with Crippen molar-refractivity contribution in [1.29, 1.82) is 0 Å². The second-order valence-corrected chi connectivity index (χ2v) is 8.73. The lowest BCUT2D eigenvalue weighted by Crippen LogP contribution is -2.48. The highest BCUT2D eigenvalue weighted by atomic mass is 35.5. The Morgan fingerprint density at radius 3 is 2.21 bits per heavy atom. The largest absolute Gasteiger partial charge is 0.493 e. The Bertz CT molecular complexity index is 908. The Labute approximate surface area is 209 Å². The van der Waals surface area contributed by atoms with Crippen molar-refractivity contribution in [2.24, 2.45) is 11.1 Å². The van der Waals surface area contributed by atoms with Crippen LogP contribution in [0.25, 0.3) is 0 Å². The first-order chi connectivity index (χ1) is 15.7. The van der Waals surface area contributed by atoms with Gasteiger partial charge in [0.05, 0.1) is 21.3 Å². The van der Waals surface area contributed by atoms with Crippen molar-refractivity contribution in [2.45, 2.75) is 52.2 Å². The predicted molar refractivity (Wildman–Crippen MR) is 136 cm³/mol. The molecule has 0 saturated carbocycles. The molecule has 0 amide bonds. The van der Waals surface area contributed by atoms with E-state index in [-0.39, 0.29) is 36.3 Å². The maximum absolute atomic E-state index is 12.8. The van der Waals surface area contributed by atoms with Crippen molar-refractivity contribution in [2.75, 3.05) is 27.9 Å². The van der Waals surface area contributed by atoms with Crippen molar-refractivity contribution in [3.63, 3.8) is 0 Å². The van der Waals surface area contributed by atoms with Gasteiger partial charge in [-0.15, -0.1) is 12.4 Å². The molecular weight excluding hydrogens is 458 g/mol. The number of rotatable bonds is 13. The summed E-state index contributed by atoms with van der Waals surface area (Å²) in [5.74, 6) is 1.93. The van der Waals surface area contributed by atoms with Gasteiger partial charge in [0.1, 0.15) is 18.5 Å². The number of ether oxygens (including phenoxy) is 4. The monoisotopic (exact) mass is 495 g/mol. The second-order valence-electron chi connectivity index (χ2n) is 8.73. The number of carbonyl (C=O) groups is 1. The third kappa shape index (κ3) is 7.52. The summed E-state index contributed by atoms with van der Waals surface area (Å²) in [6.45, 7) is 6.23. The zero-order chi connectivity index (χ0) is 24.6. The summed E-state index contributed by atoms with van der Waals surface area (Å²) in [6, 6.07) is 10.5. The van der Waals surface area contributed by atoms with E-state index in [2.05, 4.69) is 6.92 Å². The number of Topliss-reactive ketones (excluding diaryl/α,β-unsaturated/α-hetero) is 1. The average molecular weight is 496 g/mol. The Morgan fingerprint density at radius 2 is 1.68 bits per heavy atom. The van der Waals surface area contributed by atoms with Gasteiger partial charge in [0.2, 0.25) is 5.75 Å². The zero-order valence-electron chi connectivity index (χ0n) is 20.9. The van der Waals surface area contributed by atoms with E-state index in [9.17, 15) is 9.90 Å². The van der Waals surface area contributed by atoms with Crippen molar-refractivity contribution >= 4 is 18.2 Å². The van der Waals surface area contributed by atoms with Crippen molar-refractivity contribution in [3.8, 4) is 23.0 Å². The lowest BCUT2D eigenvalue weighted by molar-refractivity contribution is 0.0427. The molecule has 2 atom stereocenters. The van der Waals surface area contributed by atoms with Crippen LogP contribution in [0.1, 0.15) is 49.5 Å². The molecule has 0 heterocycles. The number of methoxy groups -OCH3 is 3. The Kier molecular flexibility index (Phi) is 11.7. The Hall–Kier alpha value is -2.48. The van der Waals surface area contributed by atoms with Crippen LogP contribution in [0.3, 0.4) is 0 Å². The summed E-state index contributed by atoms with van der Waals surface area (Å²) in [4.78, 5) is 12.8. The molecule has 0 fully saturated rings. The van der Waals surface area contributed by atoms with Gasteiger partial charge >= 0.3 is 0 Å². The minimum atomic E-state index is -0.773.